The number of nitrogens with two attached hydrogens (primary N) is 1. The van der Waals surface area contributed by atoms with Crippen molar-refractivity contribution in [2.75, 3.05) is 12.4 Å². The molecule has 0 amide bonds. The monoisotopic (exact) mass is 178 g/mol. The molecule has 0 aliphatic heterocycles. The highest BCUT2D eigenvalue weighted by molar-refractivity contribution is 7.97. The molecule has 0 fully saturated rings. The van der Waals surface area contributed by atoms with Gasteiger partial charge in [-0.15, -0.1) is 4.91 Å². The van der Waals surface area contributed by atoms with Gasteiger partial charge in [0, 0.05) is 22.3 Å². The van der Waals surface area contributed by atoms with E-state index in [0.29, 0.717) is 18.6 Å². The van der Waals surface area contributed by atoms with Crippen molar-refractivity contribution in [3.63, 3.8) is 0 Å². The predicted octanol–water partition coefficient (Wildman–Crippen LogP) is 0.291. The molecule has 0 aliphatic carbocycles. The van der Waals surface area contributed by atoms with E-state index in [1.165, 1.54) is 0 Å². The molecule has 0 rings (SSSR count). The van der Waals surface area contributed by atoms with E-state index in [2.05, 4.69) is 9.32 Å². The molecule has 6 heteroatoms. The summed E-state index contributed by atoms with van der Waals surface area (Å²) in [5, 5.41) is 0. The summed E-state index contributed by atoms with van der Waals surface area (Å²) >= 11 is 0.714. The Labute approximate surface area is 68.8 Å². The first kappa shape index (κ1) is 10.4. The lowest BCUT2D eigenvalue weighted by Gasteiger charge is -2.06. The van der Waals surface area contributed by atoms with Crippen LogP contribution in [0.3, 0.4) is 0 Å². The Morgan fingerprint density at radius 2 is 2.45 bits per heavy atom. The number of carbonyl (C=O) groups excluding carboxylic acids is 1. The van der Waals surface area contributed by atoms with Gasteiger partial charge in [0.1, 0.15) is 6.04 Å². The van der Waals surface area contributed by atoms with Crippen LogP contribution in [0.1, 0.15) is 6.92 Å². The van der Waals surface area contributed by atoms with Gasteiger partial charge < -0.3 is 10.5 Å². The Hall–Kier alpha value is -0.620. The summed E-state index contributed by atoms with van der Waals surface area (Å²) in [5.41, 5.74) is 5.30. The maximum absolute atomic E-state index is 10.7. The lowest BCUT2D eigenvalue weighted by Crippen LogP contribution is -2.34. The van der Waals surface area contributed by atoms with Crippen LogP contribution in [-0.2, 0) is 9.53 Å². The van der Waals surface area contributed by atoms with Gasteiger partial charge >= 0.3 is 5.97 Å². The molecular weight excluding hydrogens is 168 g/mol. The molecule has 0 heterocycles. The molecule has 0 radical (unpaired) electrons. The highest BCUT2D eigenvalue weighted by Crippen LogP contribution is 2.02. The van der Waals surface area contributed by atoms with Crippen LogP contribution in [0.25, 0.3) is 0 Å². The van der Waals surface area contributed by atoms with Gasteiger partial charge in [-0.1, -0.05) is 0 Å². The third kappa shape index (κ3) is 4.74. The van der Waals surface area contributed by atoms with Gasteiger partial charge in [0.15, 0.2) is 0 Å². The summed E-state index contributed by atoms with van der Waals surface area (Å²) < 4.78 is 7.08. The first-order valence-corrected chi connectivity index (χ1v) is 4.03. The van der Waals surface area contributed by atoms with Crippen LogP contribution in [0.4, 0.5) is 0 Å². The van der Waals surface area contributed by atoms with Crippen molar-refractivity contribution in [2.45, 2.75) is 13.0 Å². The van der Waals surface area contributed by atoms with Gasteiger partial charge in [0.25, 0.3) is 0 Å². The molecule has 0 saturated carbocycles. The van der Waals surface area contributed by atoms with Crippen molar-refractivity contribution < 1.29 is 9.53 Å². The zero-order valence-corrected chi connectivity index (χ0v) is 6.97. The van der Waals surface area contributed by atoms with Crippen LogP contribution >= 0.6 is 11.9 Å². The van der Waals surface area contributed by atoms with E-state index in [1.54, 1.807) is 6.92 Å². The van der Waals surface area contributed by atoms with Crippen LogP contribution in [0, 0.1) is 4.91 Å². The first-order valence-electron chi connectivity index (χ1n) is 3.09. The summed E-state index contributed by atoms with van der Waals surface area (Å²) in [4.78, 5) is 20.3. The van der Waals surface area contributed by atoms with Crippen molar-refractivity contribution in [1.82, 2.24) is 0 Å². The molecule has 0 aromatic rings. The van der Waals surface area contributed by atoms with E-state index < -0.39 is 12.0 Å². The minimum absolute atomic E-state index is 0.169. The molecule has 0 bridgehead atoms. The average molecular weight is 178 g/mol. The Morgan fingerprint density at radius 3 is 2.91 bits per heavy atom. The average Bonchev–Trinajstić information content (AvgIpc) is 2.00. The maximum Gasteiger partial charge on any atom is 0.323 e. The molecule has 64 valence electrons. The fourth-order valence-electron chi connectivity index (χ4n) is 0.428. The molecule has 0 saturated heterocycles. The fourth-order valence-corrected chi connectivity index (χ4v) is 0.786. The number of esters is 1. The third-order valence-electron chi connectivity index (χ3n) is 0.896. The molecule has 0 aliphatic rings. The van der Waals surface area contributed by atoms with Gasteiger partial charge in [0.2, 0.25) is 0 Å². The molecule has 0 aromatic carbocycles. The Bertz CT molecular complexity index is 142. The molecule has 2 N–H and O–H groups in total. The topological polar surface area (TPSA) is 81.8 Å². The van der Waals surface area contributed by atoms with Crippen molar-refractivity contribution in [3.8, 4) is 0 Å². The summed E-state index contributed by atoms with van der Waals surface area (Å²) in [6.45, 7) is 1.99. The van der Waals surface area contributed by atoms with Gasteiger partial charge in [0.05, 0.1) is 6.61 Å². The summed E-state index contributed by atoms with van der Waals surface area (Å²) in [6.07, 6.45) is 0. The zero-order chi connectivity index (χ0) is 8.69. The minimum Gasteiger partial charge on any atom is -0.465 e. The number of carbonyl (C=O) groups is 1. The summed E-state index contributed by atoms with van der Waals surface area (Å²) in [6, 6.07) is -0.752. The second-order valence-corrected chi connectivity index (χ2v) is 2.47. The minimum atomic E-state index is -0.752. The van der Waals surface area contributed by atoms with Crippen LogP contribution in [0.5, 0.6) is 0 Å². The predicted molar refractivity (Wildman–Crippen MR) is 42.9 cm³/mol. The normalized spacial score (nSPS) is 12.2. The summed E-state index contributed by atoms with van der Waals surface area (Å²) in [5.74, 6) is -0.328. The SMILES string of the molecule is CCOC(=O)[C@@H](N)CSN=O. The van der Waals surface area contributed by atoms with Crippen LogP contribution in [0.2, 0.25) is 0 Å². The van der Waals surface area contributed by atoms with Crippen molar-refractivity contribution in [1.29, 1.82) is 0 Å². The van der Waals surface area contributed by atoms with Crippen molar-refractivity contribution in [3.05, 3.63) is 4.91 Å². The molecule has 0 unspecified atom stereocenters. The number of hydrogen-bond donors (Lipinski definition) is 1. The third-order valence-corrected chi connectivity index (χ3v) is 1.51. The number of ether oxygens (including phenoxy) is 1. The van der Waals surface area contributed by atoms with Gasteiger partial charge in [-0.05, 0) is 6.92 Å². The van der Waals surface area contributed by atoms with Gasteiger partial charge in [-0.2, -0.15) is 0 Å². The lowest BCUT2D eigenvalue weighted by atomic mass is 10.4. The zero-order valence-electron chi connectivity index (χ0n) is 6.15. The number of nitrogens with zero attached hydrogens (tertiary/aromatic N) is 1. The van der Waals surface area contributed by atoms with Crippen LogP contribution < -0.4 is 5.73 Å². The molecule has 0 spiro atoms. The van der Waals surface area contributed by atoms with Gasteiger partial charge in [-0.3, -0.25) is 4.79 Å². The van der Waals surface area contributed by atoms with E-state index in [0.717, 1.165) is 0 Å². The number of nitroso groups, excluding NO2 is 1. The van der Waals surface area contributed by atoms with E-state index in [-0.39, 0.29) is 5.75 Å². The first-order chi connectivity index (χ1) is 5.22. The molecular formula is C5H10N2O3S. The van der Waals surface area contributed by atoms with Gasteiger partial charge in [-0.25, -0.2) is 0 Å². The number of hydrogen-bond acceptors (Lipinski definition) is 6. The molecule has 11 heavy (non-hydrogen) atoms. The molecule has 1 atom stereocenters. The molecule has 5 nitrogen and oxygen atoms in total. The lowest BCUT2D eigenvalue weighted by molar-refractivity contribution is -0.144. The highest BCUT2D eigenvalue weighted by atomic mass is 32.2. The fraction of sp³-hybridized carbons (Fsp3) is 0.800. The maximum atomic E-state index is 10.7. The van der Waals surface area contributed by atoms with Crippen molar-refractivity contribution >= 4 is 17.9 Å². The summed E-state index contributed by atoms with van der Waals surface area (Å²) in [7, 11) is 0. The van der Waals surface area contributed by atoms with E-state index in [4.69, 9.17) is 5.73 Å². The largest absolute Gasteiger partial charge is 0.465 e. The van der Waals surface area contributed by atoms with E-state index in [1.807, 2.05) is 0 Å². The second kappa shape index (κ2) is 6.11. The quantitative estimate of drug-likeness (QED) is 0.372. The smallest absolute Gasteiger partial charge is 0.323 e. The standard InChI is InChI=1S/C5H10N2O3S/c1-2-10-5(8)4(6)3-11-7-9/h4H,2-3,6H2,1H3/t4-/m0/s1. The van der Waals surface area contributed by atoms with Crippen molar-refractivity contribution in [2.24, 2.45) is 10.3 Å². The van der Waals surface area contributed by atoms with E-state index >= 15 is 0 Å². The Balaban J connectivity index is 3.54. The van der Waals surface area contributed by atoms with Crippen LogP contribution in [-0.4, -0.2) is 24.4 Å². The van der Waals surface area contributed by atoms with E-state index in [9.17, 15) is 9.70 Å². The highest BCUT2D eigenvalue weighted by Gasteiger charge is 2.14. The molecule has 0 aromatic heterocycles. The Kier molecular flexibility index (Phi) is 5.77. The van der Waals surface area contributed by atoms with Crippen LogP contribution in [0.15, 0.2) is 4.58 Å². The second-order valence-electron chi connectivity index (χ2n) is 1.73. The Morgan fingerprint density at radius 1 is 1.82 bits per heavy atom. The number of rotatable bonds is 5.